The molecule has 1 aliphatic heterocycles. The lowest BCUT2D eigenvalue weighted by Crippen LogP contribution is -2.42. The Bertz CT molecular complexity index is 650. The summed E-state index contributed by atoms with van der Waals surface area (Å²) in [4.78, 5) is 11.1. The Morgan fingerprint density at radius 2 is 2.04 bits per heavy atom. The molecule has 1 aromatic rings. The van der Waals surface area contributed by atoms with Gasteiger partial charge in [0.2, 0.25) is 10.0 Å². The summed E-state index contributed by atoms with van der Waals surface area (Å²) in [6, 6.07) is 2.14. The number of nitrogens with one attached hydrogen (secondary N) is 1. The fourth-order valence-electron chi connectivity index (χ4n) is 2.63. The van der Waals surface area contributed by atoms with Gasteiger partial charge in [0, 0.05) is 13.2 Å². The van der Waals surface area contributed by atoms with Gasteiger partial charge in [0.1, 0.15) is 11.9 Å². The van der Waals surface area contributed by atoms with Crippen LogP contribution in [-0.4, -0.2) is 38.7 Å². The molecular formula is C15H20FNO5S. The van der Waals surface area contributed by atoms with Gasteiger partial charge in [-0.2, -0.15) is 4.72 Å². The second kappa shape index (κ2) is 7.37. The molecule has 1 fully saturated rings. The van der Waals surface area contributed by atoms with E-state index in [2.05, 4.69) is 4.72 Å². The lowest BCUT2D eigenvalue weighted by molar-refractivity contribution is -0.139. The number of ether oxygens (including phenoxy) is 1. The third-order valence-corrected chi connectivity index (χ3v) is 5.28. The molecule has 0 bridgehead atoms. The van der Waals surface area contributed by atoms with Crippen LogP contribution in [0.2, 0.25) is 0 Å². The summed E-state index contributed by atoms with van der Waals surface area (Å²) in [5.41, 5.74) is 0.446. The van der Waals surface area contributed by atoms with Crippen LogP contribution >= 0.6 is 0 Å². The van der Waals surface area contributed by atoms with Crippen LogP contribution in [0.3, 0.4) is 0 Å². The first-order valence-corrected chi connectivity index (χ1v) is 8.86. The van der Waals surface area contributed by atoms with Gasteiger partial charge in [-0.1, -0.05) is 0 Å². The summed E-state index contributed by atoms with van der Waals surface area (Å²) >= 11 is 0. The Hall–Kier alpha value is -1.51. The molecule has 0 saturated carbocycles. The monoisotopic (exact) mass is 345 g/mol. The maximum Gasteiger partial charge on any atom is 0.321 e. The summed E-state index contributed by atoms with van der Waals surface area (Å²) < 4.78 is 45.4. The second-order valence-electron chi connectivity index (χ2n) is 5.77. The quantitative estimate of drug-likeness (QED) is 0.818. The third-order valence-electron chi connectivity index (χ3n) is 3.83. The van der Waals surface area contributed by atoms with Gasteiger partial charge in [-0.15, -0.1) is 0 Å². The Kier molecular flexibility index (Phi) is 5.72. The molecule has 2 N–H and O–H groups in total. The van der Waals surface area contributed by atoms with Crippen LogP contribution in [-0.2, 0) is 19.6 Å². The normalized spacial score (nSPS) is 17.8. The first-order valence-electron chi connectivity index (χ1n) is 7.38. The number of carbonyl (C=O) groups is 1. The molecule has 23 heavy (non-hydrogen) atoms. The maximum atomic E-state index is 13.4. The molecule has 1 heterocycles. The predicted octanol–water partition coefficient (Wildman–Crippen LogP) is 1.68. The van der Waals surface area contributed by atoms with E-state index >= 15 is 0 Å². The second-order valence-corrected chi connectivity index (χ2v) is 7.48. The van der Waals surface area contributed by atoms with Crippen LogP contribution in [0.5, 0.6) is 0 Å². The number of hydrogen-bond donors (Lipinski definition) is 2. The van der Waals surface area contributed by atoms with Crippen molar-refractivity contribution >= 4 is 16.0 Å². The van der Waals surface area contributed by atoms with Crippen molar-refractivity contribution in [1.82, 2.24) is 4.72 Å². The highest BCUT2D eigenvalue weighted by molar-refractivity contribution is 7.89. The average Bonchev–Trinajstić information content (AvgIpc) is 2.46. The molecule has 6 nitrogen and oxygen atoms in total. The van der Waals surface area contributed by atoms with E-state index in [4.69, 9.17) is 4.74 Å². The number of rotatable bonds is 6. The van der Waals surface area contributed by atoms with Crippen LogP contribution in [0, 0.1) is 18.7 Å². The van der Waals surface area contributed by atoms with Crippen LogP contribution in [0.4, 0.5) is 4.39 Å². The Morgan fingerprint density at radius 1 is 1.39 bits per heavy atom. The minimum absolute atomic E-state index is 0.0850. The van der Waals surface area contributed by atoms with Crippen molar-refractivity contribution in [2.75, 3.05) is 13.2 Å². The number of aryl methyl sites for hydroxylation is 1. The van der Waals surface area contributed by atoms with E-state index in [1.54, 1.807) is 6.92 Å². The van der Waals surface area contributed by atoms with Gasteiger partial charge in [0.05, 0.1) is 4.90 Å². The first kappa shape index (κ1) is 17.8. The van der Waals surface area contributed by atoms with Crippen molar-refractivity contribution in [2.24, 2.45) is 5.92 Å². The average molecular weight is 345 g/mol. The van der Waals surface area contributed by atoms with E-state index in [1.807, 2.05) is 0 Å². The molecule has 0 aliphatic carbocycles. The molecule has 1 atom stereocenters. The Labute approximate surface area is 134 Å². The van der Waals surface area contributed by atoms with Gasteiger partial charge in [-0.05, 0) is 55.9 Å². The number of carboxylic acids is 1. The molecule has 0 spiro atoms. The van der Waals surface area contributed by atoms with Crippen molar-refractivity contribution < 1.29 is 27.4 Å². The molecular weight excluding hydrogens is 325 g/mol. The number of carboxylic acid groups (broad SMARTS) is 1. The summed E-state index contributed by atoms with van der Waals surface area (Å²) in [5, 5.41) is 9.29. The molecule has 1 saturated heterocycles. The van der Waals surface area contributed by atoms with Crippen molar-refractivity contribution in [3.8, 4) is 0 Å². The molecule has 1 aromatic carbocycles. The molecule has 1 unspecified atom stereocenters. The number of hydrogen-bond acceptors (Lipinski definition) is 4. The lowest BCUT2D eigenvalue weighted by atomic mass is 9.93. The van der Waals surface area contributed by atoms with Crippen molar-refractivity contribution in [3.63, 3.8) is 0 Å². The summed E-state index contributed by atoms with van der Waals surface area (Å²) in [6.07, 6.45) is 1.58. The molecule has 0 amide bonds. The Morgan fingerprint density at radius 3 is 2.61 bits per heavy atom. The predicted molar refractivity (Wildman–Crippen MR) is 81.0 cm³/mol. The number of aliphatic carboxylic acids is 1. The maximum absolute atomic E-state index is 13.4. The standard InChI is InChI=1S/C15H20FNO5S/c1-10-6-12(16)9-13(7-10)23(20,21)17-14(15(18)19)8-11-2-4-22-5-3-11/h6-7,9,11,14,17H,2-5,8H2,1H3,(H,18,19). The van der Waals surface area contributed by atoms with Gasteiger partial charge in [0.25, 0.3) is 0 Å². The molecule has 128 valence electrons. The highest BCUT2D eigenvalue weighted by Gasteiger charge is 2.29. The number of benzene rings is 1. The SMILES string of the molecule is Cc1cc(F)cc(S(=O)(=O)NC(CC2CCOCC2)C(=O)O)c1. The fourth-order valence-corrected chi connectivity index (χ4v) is 3.94. The van der Waals surface area contributed by atoms with Gasteiger partial charge in [0.15, 0.2) is 0 Å². The number of sulfonamides is 1. The van der Waals surface area contributed by atoms with Crippen molar-refractivity contribution in [3.05, 3.63) is 29.6 Å². The molecule has 0 aromatic heterocycles. The van der Waals surface area contributed by atoms with Gasteiger partial charge < -0.3 is 9.84 Å². The highest BCUT2D eigenvalue weighted by Crippen LogP contribution is 2.22. The molecule has 2 rings (SSSR count). The summed E-state index contributed by atoms with van der Waals surface area (Å²) in [6.45, 7) is 2.67. The minimum Gasteiger partial charge on any atom is -0.480 e. The number of halogens is 1. The van der Waals surface area contributed by atoms with E-state index in [-0.39, 0.29) is 17.2 Å². The molecule has 1 aliphatic rings. The smallest absolute Gasteiger partial charge is 0.321 e. The van der Waals surface area contributed by atoms with Crippen molar-refractivity contribution in [2.45, 2.75) is 37.1 Å². The molecule has 0 radical (unpaired) electrons. The van der Waals surface area contributed by atoms with Crippen LogP contribution in [0.25, 0.3) is 0 Å². The third kappa shape index (κ3) is 4.98. The summed E-state index contributed by atoms with van der Waals surface area (Å²) in [5.74, 6) is -1.84. The fraction of sp³-hybridized carbons (Fsp3) is 0.533. The van der Waals surface area contributed by atoms with E-state index in [1.165, 1.54) is 12.1 Å². The van der Waals surface area contributed by atoms with Crippen molar-refractivity contribution in [1.29, 1.82) is 0 Å². The van der Waals surface area contributed by atoms with Crippen LogP contribution in [0.1, 0.15) is 24.8 Å². The highest BCUT2D eigenvalue weighted by atomic mass is 32.2. The van der Waals surface area contributed by atoms with E-state index in [9.17, 15) is 22.7 Å². The molecule has 8 heteroatoms. The minimum atomic E-state index is -4.10. The van der Waals surface area contributed by atoms with Gasteiger partial charge >= 0.3 is 5.97 Å². The van der Waals surface area contributed by atoms with E-state index in [0.29, 0.717) is 31.6 Å². The van der Waals surface area contributed by atoms with E-state index in [0.717, 1.165) is 6.07 Å². The lowest BCUT2D eigenvalue weighted by Gasteiger charge is -2.25. The topological polar surface area (TPSA) is 92.7 Å². The zero-order valence-corrected chi connectivity index (χ0v) is 13.6. The van der Waals surface area contributed by atoms with Gasteiger partial charge in [-0.25, -0.2) is 12.8 Å². The van der Waals surface area contributed by atoms with Gasteiger partial charge in [-0.3, -0.25) is 4.79 Å². The summed E-state index contributed by atoms with van der Waals surface area (Å²) in [7, 11) is -4.10. The van der Waals surface area contributed by atoms with E-state index < -0.39 is 27.9 Å². The Balaban J connectivity index is 2.15. The first-order chi connectivity index (χ1) is 10.8. The zero-order chi connectivity index (χ0) is 17.0. The van der Waals surface area contributed by atoms with Crippen LogP contribution in [0.15, 0.2) is 23.1 Å². The van der Waals surface area contributed by atoms with Crippen LogP contribution < -0.4 is 4.72 Å². The zero-order valence-electron chi connectivity index (χ0n) is 12.8. The largest absolute Gasteiger partial charge is 0.480 e.